The van der Waals surface area contributed by atoms with E-state index in [-0.39, 0.29) is 5.91 Å². The molecule has 1 saturated heterocycles. The third-order valence-corrected chi connectivity index (χ3v) is 5.10. The number of carbonyl (C=O) groups excluding carboxylic acids is 1. The van der Waals surface area contributed by atoms with E-state index in [1.165, 1.54) is 5.56 Å². The first kappa shape index (κ1) is 17.8. The van der Waals surface area contributed by atoms with Gasteiger partial charge in [-0.1, -0.05) is 41.9 Å². The standard InChI is InChI=1S/C21H25ClN2O/c22-19-6-8-20(9-7-19)23-13-10-21(25)24-14-11-18(12-15-24)16-17-4-2-1-3-5-17/h1-9,18,23H,10-16H2. The van der Waals surface area contributed by atoms with Gasteiger partial charge in [0.1, 0.15) is 0 Å². The number of nitrogens with zero attached hydrogens (tertiary/aromatic N) is 1. The number of benzene rings is 2. The van der Waals surface area contributed by atoms with Crippen LogP contribution in [0.3, 0.4) is 0 Å². The minimum atomic E-state index is 0.250. The molecule has 1 aliphatic heterocycles. The Morgan fingerprint density at radius 3 is 2.40 bits per heavy atom. The number of piperidine rings is 1. The summed E-state index contributed by atoms with van der Waals surface area (Å²) < 4.78 is 0. The van der Waals surface area contributed by atoms with Crippen molar-refractivity contribution in [1.82, 2.24) is 4.90 Å². The zero-order valence-electron chi connectivity index (χ0n) is 14.5. The van der Waals surface area contributed by atoms with Crippen molar-refractivity contribution >= 4 is 23.2 Å². The van der Waals surface area contributed by atoms with Gasteiger partial charge in [-0.05, 0) is 55.0 Å². The third-order valence-electron chi connectivity index (χ3n) is 4.85. The molecule has 1 heterocycles. The zero-order valence-corrected chi connectivity index (χ0v) is 15.2. The van der Waals surface area contributed by atoms with Gasteiger partial charge in [0.05, 0.1) is 0 Å². The molecule has 25 heavy (non-hydrogen) atoms. The summed E-state index contributed by atoms with van der Waals surface area (Å²) in [5.74, 6) is 0.943. The van der Waals surface area contributed by atoms with Crippen LogP contribution in [0, 0.1) is 5.92 Å². The molecule has 2 aromatic rings. The van der Waals surface area contributed by atoms with Gasteiger partial charge in [0, 0.05) is 36.8 Å². The van der Waals surface area contributed by atoms with Crippen molar-refractivity contribution < 1.29 is 4.79 Å². The normalized spacial score (nSPS) is 15.2. The number of nitrogens with one attached hydrogen (secondary N) is 1. The molecular formula is C21H25ClN2O. The molecule has 3 rings (SSSR count). The smallest absolute Gasteiger partial charge is 0.224 e. The van der Waals surface area contributed by atoms with Crippen molar-refractivity contribution in [3.63, 3.8) is 0 Å². The van der Waals surface area contributed by atoms with Gasteiger partial charge in [-0.25, -0.2) is 0 Å². The Morgan fingerprint density at radius 1 is 1.04 bits per heavy atom. The van der Waals surface area contributed by atoms with E-state index in [0.29, 0.717) is 18.9 Å². The topological polar surface area (TPSA) is 32.3 Å². The van der Waals surface area contributed by atoms with E-state index in [4.69, 9.17) is 11.6 Å². The lowest BCUT2D eigenvalue weighted by atomic mass is 9.90. The molecule has 132 valence electrons. The van der Waals surface area contributed by atoms with Gasteiger partial charge in [0.25, 0.3) is 0 Å². The molecule has 1 fully saturated rings. The molecule has 0 radical (unpaired) electrons. The highest BCUT2D eigenvalue weighted by molar-refractivity contribution is 6.30. The van der Waals surface area contributed by atoms with Gasteiger partial charge in [-0.15, -0.1) is 0 Å². The maximum Gasteiger partial charge on any atom is 0.224 e. The first-order valence-corrected chi connectivity index (χ1v) is 9.39. The Hall–Kier alpha value is -2.00. The summed E-state index contributed by atoms with van der Waals surface area (Å²) in [6, 6.07) is 18.2. The van der Waals surface area contributed by atoms with E-state index < -0.39 is 0 Å². The largest absolute Gasteiger partial charge is 0.385 e. The van der Waals surface area contributed by atoms with Crippen LogP contribution in [0.1, 0.15) is 24.8 Å². The lowest BCUT2D eigenvalue weighted by Gasteiger charge is -2.32. The van der Waals surface area contributed by atoms with E-state index >= 15 is 0 Å². The molecule has 0 aromatic heterocycles. The number of hydrogen-bond acceptors (Lipinski definition) is 2. The van der Waals surface area contributed by atoms with Gasteiger partial charge < -0.3 is 10.2 Å². The second-order valence-corrected chi connectivity index (χ2v) is 7.13. The van der Waals surface area contributed by atoms with Crippen molar-refractivity contribution in [2.24, 2.45) is 5.92 Å². The first-order valence-electron chi connectivity index (χ1n) is 9.02. The van der Waals surface area contributed by atoms with Crippen LogP contribution in [0.5, 0.6) is 0 Å². The second kappa shape index (κ2) is 8.91. The quantitative estimate of drug-likeness (QED) is 0.818. The fraction of sp³-hybridized carbons (Fsp3) is 0.381. The van der Waals surface area contributed by atoms with E-state index in [1.54, 1.807) is 0 Å². The van der Waals surface area contributed by atoms with Gasteiger partial charge in [-0.3, -0.25) is 4.79 Å². The summed E-state index contributed by atoms with van der Waals surface area (Å²) in [5.41, 5.74) is 2.40. The van der Waals surface area contributed by atoms with E-state index in [0.717, 1.165) is 43.1 Å². The maximum atomic E-state index is 12.4. The Kier molecular flexibility index (Phi) is 6.35. The fourth-order valence-electron chi connectivity index (χ4n) is 3.37. The molecule has 0 spiro atoms. The molecule has 3 nitrogen and oxygen atoms in total. The minimum Gasteiger partial charge on any atom is -0.385 e. The molecule has 0 aliphatic carbocycles. The minimum absolute atomic E-state index is 0.250. The Labute approximate surface area is 155 Å². The summed E-state index contributed by atoms with van der Waals surface area (Å²) in [5, 5.41) is 4.00. The highest BCUT2D eigenvalue weighted by atomic mass is 35.5. The van der Waals surface area contributed by atoms with Gasteiger partial charge in [0.2, 0.25) is 5.91 Å². The molecule has 0 unspecified atom stereocenters. The molecule has 0 bridgehead atoms. The van der Waals surface area contributed by atoms with E-state index in [1.807, 2.05) is 29.2 Å². The van der Waals surface area contributed by atoms with Crippen LogP contribution >= 0.6 is 11.6 Å². The number of hydrogen-bond donors (Lipinski definition) is 1. The van der Waals surface area contributed by atoms with Crippen LogP contribution in [0.2, 0.25) is 5.02 Å². The molecule has 1 N–H and O–H groups in total. The SMILES string of the molecule is O=C(CCNc1ccc(Cl)cc1)N1CCC(Cc2ccccc2)CC1. The van der Waals surface area contributed by atoms with Crippen LogP contribution in [0.15, 0.2) is 54.6 Å². The summed E-state index contributed by atoms with van der Waals surface area (Å²) in [4.78, 5) is 14.4. The summed E-state index contributed by atoms with van der Waals surface area (Å²) in [7, 11) is 0. The monoisotopic (exact) mass is 356 g/mol. The second-order valence-electron chi connectivity index (χ2n) is 6.70. The van der Waals surface area contributed by atoms with Crippen molar-refractivity contribution in [3.8, 4) is 0 Å². The van der Waals surface area contributed by atoms with Gasteiger partial charge in [0.15, 0.2) is 0 Å². The number of rotatable bonds is 6. The average Bonchev–Trinajstić information content (AvgIpc) is 2.65. The number of amides is 1. The molecule has 4 heteroatoms. The highest BCUT2D eigenvalue weighted by Gasteiger charge is 2.22. The van der Waals surface area contributed by atoms with Crippen LogP contribution in [0.25, 0.3) is 0 Å². The van der Waals surface area contributed by atoms with Crippen molar-refractivity contribution in [2.75, 3.05) is 25.0 Å². The Bertz CT molecular complexity index is 664. The number of carbonyl (C=O) groups is 1. The average molecular weight is 357 g/mol. The molecule has 0 saturated carbocycles. The van der Waals surface area contributed by atoms with Crippen LogP contribution in [-0.4, -0.2) is 30.4 Å². The van der Waals surface area contributed by atoms with E-state index in [2.05, 4.69) is 35.6 Å². The molecule has 2 aromatic carbocycles. The molecule has 1 aliphatic rings. The summed E-state index contributed by atoms with van der Waals surface area (Å²) >= 11 is 5.87. The fourth-order valence-corrected chi connectivity index (χ4v) is 3.50. The summed E-state index contributed by atoms with van der Waals surface area (Å²) in [6.45, 7) is 2.43. The predicted molar refractivity (Wildman–Crippen MR) is 104 cm³/mol. The predicted octanol–water partition coefficient (Wildman–Crippen LogP) is 4.62. The van der Waals surface area contributed by atoms with Crippen molar-refractivity contribution in [3.05, 3.63) is 65.2 Å². The Balaban J connectivity index is 1.37. The van der Waals surface area contributed by atoms with Gasteiger partial charge in [-0.2, -0.15) is 0 Å². The maximum absolute atomic E-state index is 12.4. The van der Waals surface area contributed by atoms with Crippen LogP contribution in [-0.2, 0) is 11.2 Å². The number of anilines is 1. The molecule has 1 amide bonds. The zero-order chi connectivity index (χ0) is 17.5. The van der Waals surface area contributed by atoms with Gasteiger partial charge >= 0.3 is 0 Å². The van der Waals surface area contributed by atoms with E-state index in [9.17, 15) is 4.79 Å². The molecular weight excluding hydrogens is 332 g/mol. The lowest BCUT2D eigenvalue weighted by Crippen LogP contribution is -2.39. The van der Waals surface area contributed by atoms with Crippen molar-refractivity contribution in [1.29, 1.82) is 0 Å². The summed E-state index contributed by atoms with van der Waals surface area (Å²) in [6.07, 6.45) is 3.86. The van der Waals surface area contributed by atoms with Crippen LogP contribution < -0.4 is 5.32 Å². The number of halogens is 1. The lowest BCUT2D eigenvalue weighted by molar-refractivity contribution is -0.132. The Morgan fingerprint density at radius 2 is 1.72 bits per heavy atom. The number of likely N-dealkylation sites (tertiary alicyclic amines) is 1. The van der Waals surface area contributed by atoms with Crippen molar-refractivity contribution in [2.45, 2.75) is 25.7 Å². The highest BCUT2D eigenvalue weighted by Crippen LogP contribution is 2.22. The van der Waals surface area contributed by atoms with Crippen LogP contribution in [0.4, 0.5) is 5.69 Å². The third kappa shape index (κ3) is 5.50. The first-order chi connectivity index (χ1) is 12.2. The molecule has 0 atom stereocenters.